The molecular formula is C92H59NO. The highest BCUT2D eigenvalue weighted by molar-refractivity contribution is 6.13. The number of ketones is 1. The topological polar surface area (TPSA) is 22.0 Å². The summed E-state index contributed by atoms with van der Waals surface area (Å²) in [5.74, 6) is 0.0188. The maximum Gasteiger partial charge on any atom is 0.193 e. The highest BCUT2D eigenvalue weighted by Gasteiger charge is 2.55. The number of carbonyl (C=O) groups excluding carboxylic acids is 1. The molecule has 0 saturated carbocycles. The maximum atomic E-state index is 15.8. The van der Waals surface area contributed by atoms with Gasteiger partial charge in [0.15, 0.2) is 5.78 Å². The normalized spacial score (nSPS) is 15.9. The average Bonchev–Trinajstić information content (AvgIpc) is 1.53. The van der Waals surface area contributed by atoms with Crippen LogP contribution in [0, 0.1) is 0 Å². The standard InChI is InChI=1S/C92H59NO/c1-89(2,3)93-86-52-56(54-36-42-68-64-24-8-16-32-78(64)90(82(68)48-54)74-28-12-4-20-60(74)61-21-5-13-29-75(61)90)38-46-72(86)73-47-39-57(53-87(73)93)55-37-43-69-66-26-10-18-34-80(66)92(83(69)49-55)81-35-19-11-27-67(81)71-45-41-59(51-85(71)92)88(94)58-40-44-70-65-25-9-17-33-79(65)91(84(70)50-58)76-30-14-6-22-62(76)63-23-7-15-31-77(63)91/h4-53H,1-3H3. The van der Waals surface area contributed by atoms with E-state index in [0.29, 0.717) is 11.1 Å². The summed E-state index contributed by atoms with van der Waals surface area (Å²) in [6.45, 7) is 7.03. The summed E-state index contributed by atoms with van der Waals surface area (Å²) in [6.07, 6.45) is 0. The zero-order chi connectivity index (χ0) is 62.1. The summed E-state index contributed by atoms with van der Waals surface area (Å²) in [4.78, 5) is 15.8. The Bertz CT molecular complexity index is 5820. The molecule has 6 aliphatic rings. The zero-order valence-electron chi connectivity index (χ0n) is 52.2. The van der Waals surface area contributed by atoms with Crippen molar-refractivity contribution in [3.63, 3.8) is 0 Å². The fraction of sp³-hybridized carbons (Fsp3) is 0.0761. The number of rotatable bonds is 4. The van der Waals surface area contributed by atoms with E-state index in [1.165, 1.54) is 150 Å². The number of carbonyl (C=O) groups is 1. The maximum absolute atomic E-state index is 15.8. The third kappa shape index (κ3) is 6.30. The largest absolute Gasteiger partial charge is 0.335 e. The third-order valence-electron chi connectivity index (χ3n) is 22.7. The van der Waals surface area contributed by atoms with Crippen molar-refractivity contribution in [1.82, 2.24) is 4.57 Å². The lowest BCUT2D eigenvalue weighted by Crippen LogP contribution is -2.26. The van der Waals surface area contributed by atoms with Crippen LogP contribution in [0.5, 0.6) is 0 Å². The molecule has 0 N–H and O–H groups in total. The molecular weight excluding hydrogens is 1140 g/mol. The van der Waals surface area contributed by atoms with Crippen LogP contribution in [-0.2, 0) is 21.8 Å². The van der Waals surface area contributed by atoms with Crippen LogP contribution in [0.25, 0.3) is 111 Å². The summed E-state index contributed by atoms with van der Waals surface area (Å²) in [7, 11) is 0. The van der Waals surface area contributed by atoms with Gasteiger partial charge in [-0.1, -0.05) is 267 Å². The molecule has 438 valence electrons. The van der Waals surface area contributed by atoms with Crippen LogP contribution < -0.4 is 0 Å². The van der Waals surface area contributed by atoms with Crippen LogP contribution >= 0.6 is 0 Å². The number of fused-ring (bicyclic) bond motifs is 33. The highest BCUT2D eigenvalue weighted by atomic mass is 16.1. The molecule has 1 unspecified atom stereocenters. The van der Waals surface area contributed by atoms with Gasteiger partial charge in [-0.25, -0.2) is 0 Å². The first-order chi connectivity index (χ1) is 46.2. The molecule has 6 aliphatic carbocycles. The Morgan fingerprint density at radius 2 is 0.468 bits per heavy atom. The molecule has 3 spiro atoms. The fourth-order valence-electron chi connectivity index (χ4n) is 19.2. The number of aromatic nitrogens is 1. The van der Waals surface area contributed by atoms with E-state index in [-0.39, 0.29) is 11.3 Å². The zero-order valence-corrected chi connectivity index (χ0v) is 52.2. The Hall–Kier alpha value is -11.5. The fourth-order valence-corrected chi connectivity index (χ4v) is 19.2. The molecule has 94 heavy (non-hydrogen) atoms. The monoisotopic (exact) mass is 1190 g/mol. The Kier molecular flexibility index (Phi) is 10.1. The first-order valence-electron chi connectivity index (χ1n) is 33.2. The molecule has 0 saturated heterocycles. The van der Waals surface area contributed by atoms with Crippen LogP contribution in [0.4, 0.5) is 0 Å². The summed E-state index contributed by atoms with van der Waals surface area (Å²) in [5, 5.41) is 2.49. The van der Waals surface area contributed by atoms with Gasteiger partial charge in [0.05, 0.1) is 27.3 Å². The predicted octanol–water partition coefficient (Wildman–Crippen LogP) is 22.1. The number of hydrogen-bond donors (Lipinski definition) is 0. The van der Waals surface area contributed by atoms with Crippen molar-refractivity contribution >= 4 is 27.6 Å². The van der Waals surface area contributed by atoms with Crippen LogP contribution in [0.15, 0.2) is 303 Å². The molecule has 15 aromatic rings. The lowest BCUT2D eigenvalue weighted by molar-refractivity contribution is 0.103. The van der Waals surface area contributed by atoms with Gasteiger partial charge < -0.3 is 4.57 Å². The van der Waals surface area contributed by atoms with Crippen molar-refractivity contribution in [2.75, 3.05) is 0 Å². The summed E-state index contributed by atoms with van der Waals surface area (Å²) in [6, 6.07) is 114. The summed E-state index contributed by atoms with van der Waals surface area (Å²) >= 11 is 0. The summed E-state index contributed by atoms with van der Waals surface area (Å²) in [5.41, 5.74) is 36.8. The van der Waals surface area contributed by atoms with E-state index in [9.17, 15) is 0 Å². The molecule has 0 bridgehead atoms. The lowest BCUT2D eigenvalue weighted by Gasteiger charge is -2.31. The van der Waals surface area contributed by atoms with E-state index in [0.717, 1.165) is 27.8 Å². The smallest absolute Gasteiger partial charge is 0.193 e. The number of hydrogen-bond acceptors (Lipinski definition) is 1. The molecule has 1 aromatic heterocycles. The minimum atomic E-state index is -0.684. The molecule has 14 aromatic carbocycles. The Morgan fingerprint density at radius 3 is 0.755 bits per heavy atom. The van der Waals surface area contributed by atoms with E-state index in [1.54, 1.807) is 0 Å². The van der Waals surface area contributed by atoms with E-state index in [4.69, 9.17) is 0 Å². The van der Waals surface area contributed by atoms with Gasteiger partial charge in [-0.15, -0.1) is 0 Å². The third-order valence-corrected chi connectivity index (χ3v) is 22.7. The Labute approximate surface area is 546 Å². The first kappa shape index (κ1) is 52.2. The van der Waals surface area contributed by atoms with Gasteiger partial charge in [0.25, 0.3) is 0 Å². The van der Waals surface area contributed by atoms with Crippen LogP contribution in [0.3, 0.4) is 0 Å². The van der Waals surface area contributed by atoms with Crippen molar-refractivity contribution in [3.05, 3.63) is 381 Å². The second-order valence-corrected chi connectivity index (χ2v) is 28.0. The lowest BCUT2D eigenvalue weighted by atomic mass is 9.69. The number of benzene rings is 14. The number of nitrogens with zero attached hydrogens (tertiary/aromatic N) is 1. The van der Waals surface area contributed by atoms with Crippen LogP contribution in [0.1, 0.15) is 103 Å². The molecule has 0 amide bonds. The quantitative estimate of drug-likeness (QED) is 0.161. The van der Waals surface area contributed by atoms with E-state index in [2.05, 4.69) is 329 Å². The van der Waals surface area contributed by atoms with Gasteiger partial charge in [0.1, 0.15) is 0 Å². The van der Waals surface area contributed by atoms with Crippen molar-refractivity contribution < 1.29 is 4.79 Å². The SMILES string of the molecule is CC(C)(C)n1c2cc(-c3ccc4c(c3)C3(c5ccccc5-c5ccccc53)c3ccccc3-4)ccc2c2ccc(-c3ccc4c(c3)C3(c5ccccc5-c5ccc(C(=O)c6ccc7c(c6)C6(c8ccccc8-c8ccccc86)c6ccccc6-7)cc53)c3ccccc3-4)cc21. The molecule has 0 aliphatic heterocycles. The van der Waals surface area contributed by atoms with Gasteiger partial charge in [0, 0.05) is 27.4 Å². The summed E-state index contributed by atoms with van der Waals surface area (Å²) < 4.78 is 2.58. The predicted molar refractivity (Wildman–Crippen MR) is 384 cm³/mol. The van der Waals surface area contributed by atoms with Crippen molar-refractivity contribution in [2.24, 2.45) is 0 Å². The molecule has 1 atom stereocenters. The van der Waals surface area contributed by atoms with Crippen molar-refractivity contribution in [1.29, 1.82) is 0 Å². The molecule has 21 rings (SSSR count). The minimum Gasteiger partial charge on any atom is -0.335 e. The van der Waals surface area contributed by atoms with Gasteiger partial charge in [-0.05, 0) is 213 Å². The second kappa shape index (κ2) is 18.2. The molecule has 0 radical (unpaired) electrons. The molecule has 1 heterocycles. The van der Waals surface area contributed by atoms with Crippen LogP contribution in [-0.4, -0.2) is 10.4 Å². The van der Waals surface area contributed by atoms with Crippen molar-refractivity contribution in [2.45, 2.75) is 42.6 Å². The van der Waals surface area contributed by atoms with Crippen LogP contribution in [0.2, 0.25) is 0 Å². The van der Waals surface area contributed by atoms with E-state index >= 15 is 4.79 Å². The Morgan fingerprint density at radius 1 is 0.245 bits per heavy atom. The Balaban J connectivity index is 0.700. The molecule has 2 heteroatoms. The molecule has 2 nitrogen and oxygen atoms in total. The average molecular weight is 1190 g/mol. The first-order valence-corrected chi connectivity index (χ1v) is 33.2. The van der Waals surface area contributed by atoms with Gasteiger partial charge in [0.2, 0.25) is 0 Å². The minimum absolute atomic E-state index is 0.0188. The highest BCUT2D eigenvalue weighted by Crippen LogP contribution is 2.67. The van der Waals surface area contributed by atoms with E-state index < -0.39 is 16.2 Å². The van der Waals surface area contributed by atoms with Gasteiger partial charge >= 0.3 is 0 Å². The van der Waals surface area contributed by atoms with Crippen molar-refractivity contribution in [3.8, 4) is 89.0 Å². The molecule has 0 fully saturated rings. The second-order valence-electron chi connectivity index (χ2n) is 28.0. The van der Waals surface area contributed by atoms with E-state index in [1.807, 2.05) is 0 Å². The van der Waals surface area contributed by atoms with Gasteiger partial charge in [-0.2, -0.15) is 0 Å². The van der Waals surface area contributed by atoms with Gasteiger partial charge in [-0.3, -0.25) is 4.79 Å².